The zero-order chi connectivity index (χ0) is 16.1. The predicted molar refractivity (Wildman–Crippen MR) is 111 cm³/mol. The molecule has 0 bridgehead atoms. The molecule has 2 N–H and O–H groups in total. The monoisotopic (exact) mass is 403 g/mol. The number of rotatable bonds is 5. The molecule has 7 heteroatoms. The number of nitrogens with two attached hydrogens (primary N) is 1. The van der Waals surface area contributed by atoms with Gasteiger partial charge >= 0.3 is 0 Å². The van der Waals surface area contributed by atoms with Crippen molar-refractivity contribution < 1.29 is 4.74 Å². The van der Waals surface area contributed by atoms with Crippen LogP contribution in [0.25, 0.3) is 0 Å². The van der Waals surface area contributed by atoms with E-state index >= 15 is 0 Å². The SMILES string of the molecule is Cl.Cl.Nc1ccc(OCCN2CCN(c3ccccc3Cl)CC2)cc1. The van der Waals surface area contributed by atoms with Gasteiger partial charge in [0.25, 0.3) is 0 Å². The highest BCUT2D eigenvalue weighted by molar-refractivity contribution is 6.33. The molecule has 3 rings (SSSR count). The second-order valence-corrected chi connectivity index (χ2v) is 6.10. The Morgan fingerprint density at radius 2 is 1.56 bits per heavy atom. The van der Waals surface area contributed by atoms with Gasteiger partial charge in [-0.1, -0.05) is 23.7 Å². The van der Waals surface area contributed by atoms with Gasteiger partial charge in [0, 0.05) is 38.4 Å². The highest BCUT2D eigenvalue weighted by Crippen LogP contribution is 2.25. The standard InChI is InChI=1S/C18H22ClN3O.2ClH/c19-17-3-1-2-4-18(17)22-11-9-21(10-12-22)13-14-23-16-7-5-15(20)6-8-16;;/h1-8H,9-14,20H2;2*1H. The van der Waals surface area contributed by atoms with E-state index in [2.05, 4.69) is 15.9 Å². The molecule has 25 heavy (non-hydrogen) atoms. The van der Waals surface area contributed by atoms with Crippen molar-refractivity contribution in [3.63, 3.8) is 0 Å². The molecule has 0 saturated carbocycles. The summed E-state index contributed by atoms with van der Waals surface area (Å²) < 4.78 is 5.76. The van der Waals surface area contributed by atoms with Crippen LogP contribution in [0.4, 0.5) is 11.4 Å². The normalized spacial score (nSPS) is 14.4. The fourth-order valence-electron chi connectivity index (χ4n) is 2.78. The zero-order valence-electron chi connectivity index (χ0n) is 13.9. The summed E-state index contributed by atoms with van der Waals surface area (Å²) in [6.07, 6.45) is 0. The smallest absolute Gasteiger partial charge is 0.119 e. The van der Waals surface area contributed by atoms with E-state index in [4.69, 9.17) is 22.1 Å². The second kappa shape index (κ2) is 10.6. The lowest BCUT2D eigenvalue weighted by molar-refractivity contribution is 0.200. The maximum Gasteiger partial charge on any atom is 0.119 e. The third-order valence-corrected chi connectivity index (χ3v) is 4.44. The maximum atomic E-state index is 6.27. The van der Waals surface area contributed by atoms with Gasteiger partial charge < -0.3 is 15.4 Å². The first-order valence-corrected chi connectivity index (χ1v) is 8.30. The number of nitrogens with zero attached hydrogens (tertiary/aromatic N) is 2. The van der Waals surface area contributed by atoms with Gasteiger partial charge in [-0.3, -0.25) is 4.90 Å². The van der Waals surface area contributed by atoms with Gasteiger partial charge in [-0.05, 0) is 36.4 Å². The summed E-state index contributed by atoms with van der Waals surface area (Å²) in [5.41, 5.74) is 7.55. The molecule has 0 radical (unpaired) electrons. The fraction of sp³-hybridized carbons (Fsp3) is 0.333. The van der Waals surface area contributed by atoms with E-state index in [9.17, 15) is 0 Å². The lowest BCUT2D eigenvalue weighted by atomic mass is 10.2. The molecule has 1 aliphatic rings. The van der Waals surface area contributed by atoms with Crippen LogP contribution in [0, 0.1) is 0 Å². The number of anilines is 2. The highest BCUT2D eigenvalue weighted by Gasteiger charge is 2.18. The minimum atomic E-state index is 0. The molecule has 0 aromatic heterocycles. The van der Waals surface area contributed by atoms with Gasteiger partial charge in [0.1, 0.15) is 12.4 Å². The van der Waals surface area contributed by atoms with E-state index in [0.717, 1.165) is 54.9 Å². The molecule has 0 aliphatic carbocycles. The van der Waals surface area contributed by atoms with Crippen molar-refractivity contribution in [3.8, 4) is 5.75 Å². The third kappa shape index (κ3) is 6.15. The molecule has 1 saturated heterocycles. The van der Waals surface area contributed by atoms with Crippen molar-refractivity contribution in [2.75, 3.05) is 50.0 Å². The maximum absolute atomic E-state index is 6.27. The molecule has 138 valence electrons. The van der Waals surface area contributed by atoms with Gasteiger partial charge in [0.05, 0.1) is 10.7 Å². The van der Waals surface area contributed by atoms with Crippen LogP contribution in [0.15, 0.2) is 48.5 Å². The van der Waals surface area contributed by atoms with Crippen molar-refractivity contribution in [1.82, 2.24) is 4.90 Å². The van der Waals surface area contributed by atoms with E-state index < -0.39 is 0 Å². The van der Waals surface area contributed by atoms with Crippen molar-refractivity contribution >= 4 is 47.8 Å². The van der Waals surface area contributed by atoms with E-state index in [-0.39, 0.29) is 24.8 Å². The molecular formula is C18H24Cl3N3O. The quantitative estimate of drug-likeness (QED) is 0.766. The lowest BCUT2D eigenvalue weighted by Gasteiger charge is -2.36. The minimum absolute atomic E-state index is 0. The Bertz CT molecular complexity index is 632. The molecule has 2 aromatic rings. The molecule has 1 heterocycles. The number of benzene rings is 2. The second-order valence-electron chi connectivity index (χ2n) is 5.70. The van der Waals surface area contributed by atoms with Crippen LogP contribution in [0.1, 0.15) is 0 Å². The topological polar surface area (TPSA) is 41.7 Å². The number of para-hydroxylation sites is 1. The van der Waals surface area contributed by atoms with Gasteiger partial charge in [-0.2, -0.15) is 0 Å². The number of halogens is 3. The Morgan fingerprint density at radius 3 is 2.20 bits per heavy atom. The lowest BCUT2D eigenvalue weighted by Crippen LogP contribution is -2.47. The average Bonchev–Trinajstić information content (AvgIpc) is 2.58. The molecule has 0 unspecified atom stereocenters. The molecule has 0 atom stereocenters. The van der Waals surface area contributed by atoms with Crippen LogP contribution in [0.2, 0.25) is 5.02 Å². The fourth-order valence-corrected chi connectivity index (χ4v) is 3.03. The summed E-state index contributed by atoms with van der Waals surface area (Å²) in [6, 6.07) is 15.6. The van der Waals surface area contributed by atoms with Crippen molar-refractivity contribution in [3.05, 3.63) is 53.6 Å². The third-order valence-electron chi connectivity index (χ3n) is 4.12. The predicted octanol–water partition coefficient (Wildman–Crippen LogP) is 3.97. The summed E-state index contributed by atoms with van der Waals surface area (Å²) in [6.45, 7) is 5.65. The van der Waals surface area contributed by atoms with Gasteiger partial charge in [0.15, 0.2) is 0 Å². The molecule has 0 amide bonds. The Balaban J connectivity index is 0.00000156. The van der Waals surface area contributed by atoms with Crippen molar-refractivity contribution in [1.29, 1.82) is 0 Å². The molecule has 2 aromatic carbocycles. The van der Waals surface area contributed by atoms with Gasteiger partial charge in [-0.25, -0.2) is 0 Å². The van der Waals surface area contributed by atoms with Crippen LogP contribution in [0.5, 0.6) is 5.75 Å². The summed E-state index contributed by atoms with van der Waals surface area (Å²) >= 11 is 6.27. The van der Waals surface area contributed by atoms with Gasteiger partial charge in [-0.15, -0.1) is 24.8 Å². The molecule has 4 nitrogen and oxygen atoms in total. The highest BCUT2D eigenvalue weighted by atomic mass is 35.5. The Hall–Kier alpha value is -1.33. The number of piperazine rings is 1. The Morgan fingerprint density at radius 1 is 0.920 bits per heavy atom. The van der Waals surface area contributed by atoms with Crippen LogP contribution < -0.4 is 15.4 Å². The molecule has 0 spiro atoms. The first-order valence-electron chi connectivity index (χ1n) is 7.92. The van der Waals surface area contributed by atoms with Crippen LogP contribution in [0.3, 0.4) is 0 Å². The van der Waals surface area contributed by atoms with Crippen molar-refractivity contribution in [2.45, 2.75) is 0 Å². The van der Waals surface area contributed by atoms with E-state index in [0.29, 0.717) is 6.61 Å². The van der Waals surface area contributed by atoms with Crippen LogP contribution in [-0.4, -0.2) is 44.2 Å². The molecule has 1 aliphatic heterocycles. The minimum Gasteiger partial charge on any atom is -0.492 e. The van der Waals surface area contributed by atoms with E-state index in [1.54, 1.807) is 0 Å². The van der Waals surface area contributed by atoms with Crippen LogP contribution >= 0.6 is 36.4 Å². The largest absolute Gasteiger partial charge is 0.492 e. The average molecular weight is 405 g/mol. The number of ether oxygens (including phenoxy) is 1. The van der Waals surface area contributed by atoms with Gasteiger partial charge in [0.2, 0.25) is 0 Å². The number of nitrogen functional groups attached to an aromatic ring is 1. The van der Waals surface area contributed by atoms with E-state index in [1.807, 2.05) is 42.5 Å². The summed E-state index contributed by atoms with van der Waals surface area (Å²) in [4.78, 5) is 4.77. The number of hydrogen-bond acceptors (Lipinski definition) is 4. The van der Waals surface area contributed by atoms with E-state index in [1.165, 1.54) is 0 Å². The Labute approximate surface area is 166 Å². The molecular weight excluding hydrogens is 381 g/mol. The first-order chi connectivity index (χ1) is 11.2. The molecule has 1 fully saturated rings. The zero-order valence-corrected chi connectivity index (χ0v) is 16.3. The van der Waals surface area contributed by atoms with Crippen molar-refractivity contribution in [2.24, 2.45) is 0 Å². The first kappa shape index (κ1) is 21.7. The summed E-state index contributed by atoms with van der Waals surface area (Å²) in [5, 5.41) is 0.827. The van der Waals surface area contributed by atoms with Crippen LogP contribution in [-0.2, 0) is 0 Å². The summed E-state index contributed by atoms with van der Waals surface area (Å²) in [7, 11) is 0. The summed E-state index contributed by atoms with van der Waals surface area (Å²) in [5.74, 6) is 0.869. The number of hydrogen-bond donors (Lipinski definition) is 1. The Kier molecular flexibility index (Phi) is 9.22.